The summed E-state index contributed by atoms with van der Waals surface area (Å²) in [5.41, 5.74) is 0.714. The van der Waals surface area contributed by atoms with Gasteiger partial charge >= 0.3 is 13.5 Å². The Morgan fingerprint density at radius 3 is 2.25 bits per heavy atom. The fourth-order valence-corrected chi connectivity index (χ4v) is 3.60. The molecule has 0 aliphatic rings. The van der Waals surface area contributed by atoms with Crippen LogP contribution in [0.3, 0.4) is 0 Å². The number of carbonyl (C=O) groups excluding carboxylic acids is 1. The first-order chi connectivity index (χ1) is 11.2. The van der Waals surface area contributed by atoms with Crippen LogP contribution in [0.4, 0.5) is 0 Å². The summed E-state index contributed by atoms with van der Waals surface area (Å²) < 4.78 is 28.5. The molecule has 0 aliphatic heterocycles. The molecule has 7 nitrogen and oxygen atoms in total. The van der Waals surface area contributed by atoms with Gasteiger partial charge in [-0.25, -0.2) is 5.09 Å². The van der Waals surface area contributed by atoms with Gasteiger partial charge in [0, 0.05) is 7.11 Å². The van der Waals surface area contributed by atoms with E-state index in [1.807, 2.05) is 0 Å². The van der Waals surface area contributed by atoms with Crippen LogP contribution in [0.1, 0.15) is 39.4 Å². The van der Waals surface area contributed by atoms with E-state index in [1.165, 1.54) is 7.11 Å². The lowest BCUT2D eigenvalue weighted by Crippen LogP contribution is -2.36. The summed E-state index contributed by atoms with van der Waals surface area (Å²) in [6.07, 6.45) is -1.07. The average molecular weight is 359 g/mol. The van der Waals surface area contributed by atoms with E-state index in [-0.39, 0.29) is 12.5 Å². The highest BCUT2D eigenvalue weighted by Gasteiger charge is 2.30. The van der Waals surface area contributed by atoms with Crippen molar-refractivity contribution >= 4 is 13.5 Å². The van der Waals surface area contributed by atoms with Gasteiger partial charge in [0.25, 0.3) is 0 Å². The number of ether oxygens (including phenoxy) is 2. The maximum absolute atomic E-state index is 12.9. The van der Waals surface area contributed by atoms with Crippen LogP contribution >= 0.6 is 7.52 Å². The Hall–Kier alpha value is -1.40. The lowest BCUT2D eigenvalue weighted by Gasteiger charge is -2.23. The molecular weight excluding hydrogens is 333 g/mol. The quantitative estimate of drug-likeness (QED) is 0.517. The number of nitrogens with one attached hydrogen (secondary N) is 1. The maximum atomic E-state index is 12.9. The first-order valence-corrected chi connectivity index (χ1v) is 9.51. The third kappa shape index (κ3) is 6.61. The minimum absolute atomic E-state index is 0.204. The molecule has 0 bridgehead atoms. The van der Waals surface area contributed by atoms with Gasteiger partial charge in [0.2, 0.25) is 0 Å². The summed E-state index contributed by atoms with van der Waals surface area (Å²) in [6.45, 7) is 6.67. The second kappa shape index (κ2) is 9.18. The number of rotatable bonds is 9. The van der Waals surface area contributed by atoms with Crippen molar-refractivity contribution in [2.24, 2.45) is 0 Å². The molecule has 0 amide bonds. The van der Waals surface area contributed by atoms with E-state index >= 15 is 0 Å². The van der Waals surface area contributed by atoms with Crippen LogP contribution in [0.15, 0.2) is 24.3 Å². The second-order valence-corrected chi connectivity index (χ2v) is 7.81. The first-order valence-electron chi connectivity index (χ1n) is 7.70. The van der Waals surface area contributed by atoms with Crippen LogP contribution in [0, 0.1) is 0 Å². The third-order valence-corrected chi connectivity index (χ3v) is 4.89. The van der Waals surface area contributed by atoms with E-state index in [4.69, 9.17) is 14.0 Å². The van der Waals surface area contributed by atoms with Crippen molar-refractivity contribution in [3.63, 3.8) is 0 Å². The summed E-state index contributed by atoms with van der Waals surface area (Å²) in [6, 6.07) is 5.73. The Labute approximate surface area is 142 Å². The molecule has 0 spiro atoms. The number of carbonyl (C=O) groups is 1. The van der Waals surface area contributed by atoms with Gasteiger partial charge in [-0.2, -0.15) is 0 Å². The highest BCUT2D eigenvalue weighted by atomic mass is 31.2. The van der Waals surface area contributed by atoms with Crippen molar-refractivity contribution in [1.29, 1.82) is 0 Å². The smallest absolute Gasteiger partial charge is 0.342 e. The molecule has 0 aromatic heterocycles. The van der Waals surface area contributed by atoms with Gasteiger partial charge in [-0.15, -0.1) is 0 Å². The van der Waals surface area contributed by atoms with Crippen molar-refractivity contribution in [3.05, 3.63) is 29.8 Å². The normalized spacial score (nSPS) is 16.3. The molecule has 0 saturated heterocycles. The van der Waals surface area contributed by atoms with Crippen LogP contribution < -0.4 is 9.61 Å². The van der Waals surface area contributed by atoms with Gasteiger partial charge in [-0.1, -0.05) is 12.1 Å². The van der Waals surface area contributed by atoms with Crippen molar-refractivity contribution in [1.82, 2.24) is 5.09 Å². The van der Waals surface area contributed by atoms with Crippen molar-refractivity contribution in [2.75, 3.05) is 13.5 Å². The Morgan fingerprint density at radius 2 is 1.79 bits per heavy atom. The van der Waals surface area contributed by atoms with Gasteiger partial charge in [0.15, 0.2) is 0 Å². The predicted molar refractivity (Wildman–Crippen MR) is 91.0 cm³/mol. The van der Waals surface area contributed by atoms with Gasteiger partial charge < -0.3 is 19.1 Å². The van der Waals surface area contributed by atoms with Crippen LogP contribution in [-0.4, -0.2) is 36.7 Å². The number of hydrogen-bond donors (Lipinski definition) is 2. The van der Waals surface area contributed by atoms with Crippen LogP contribution in [0.5, 0.6) is 5.75 Å². The Balaban J connectivity index is 2.83. The number of esters is 1. The molecular formula is C16H26NO6P. The summed E-state index contributed by atoms with van der Waals surface area (Å²) in [5, 5.41) is 12.2. The highest BCUT2D eigenvalue weighted by molar-refractivity contribution is 7.57. The Morgan fingerprint density at radius 1 is 1.21 bits per heavy atom. The zero-order chi connectivity index (χ0) is 18.3. The van der Waals surface area contributed by atoms with Crippen molar-refractivity contribution < 1.29 is 28.5 Å². The Bertz CT molecular complexity index is 572. The fraction of sp³-hybridized carbons (Fsp3) is 0.562. The zero-order valence-corrected chi connectivity index (χ0v) is 15.6. The molecule has 1 aromatic carbocycles. The molecule has 2 unspecified atom stereocenters. The number of benzene rings is 1. The predicted octanol–water partition coefficient (Wildman–Crippen LogP) is 2.85. The van der Waals surface area contributed by atoms with E-state index in [0.717, 1.165) is 0 Å². The monoisotopic (exact) mass is 359 g/mol. The standard InChI is InChI=1S/C16H26NO6P/c1-11(2)22-16(19)12(3)17-24(20,10-21-5)23-15-8-6-14(7-9-15)13(4)18/h6-9,11-13,18H,10H2,1-5H3,(H,17,20)/t12-,13?,24?/m0/s1. The summed E-state index contributed by atoms with van der Waals surface area (Å²) in [4.78, 5) is 11.9. The minimum Gasteiger partial charge on any atom is -0.462 e. The van der Waals surface area contributed by atoms with Crippen molar-refractivity contribution in [2.45, 2.75) is 45.9 Å². The molecule has 136 valence electrons. The summed E-state index contributed by atoms with van der Waals surface area (Å²) in [5.74, 6) is -0.175. The molecule has 0 radical (unpaired) electrons. The lowest BCUT2D eigenvalue weighted by atomic mass is 10.1. The molecule has 8 heteroatoms. The topological polar surface area (TPSA) is 94.1 Å². The summed E-state index contributed by atoms with van der Waals surface area (Å²) >= 11 is 0. The van der Waals surface area contributed by atoms with Crippen LogP contribution in [0.25, 0.3) is 0 Å². The third-order valence-electron chi connectivity index (χ3n) is 3.01. The van der Waals surface area contributed by atoms with E-state index in [9.17, 15) is 14.5 Å². The Kier molecular flexibility index (Phi) is 7.90. The number of methoxy groups -OCH3 is 1. The first kappa shape index (κ1) is 20.6. The molecule has 1 rings (SSSR count). The fourth-order valence-electron chi connectivity index (χ4n) is 1.92. The molecule has 1 aromatic rings. The number of aliphatic hydroxyl groups is 1. The van der Waals surface area contributed by atoms with Crippen LogP contribution in [0.2, 0.25) is 0 Å². The van der Waals surface area contributed by atoms with E-state index in [0.29, 0.717) is 11.3 Å². The van der Waals surface area contributed by atoms with Gasteiger partial charge in [-0.05, 0) is 45.4 Å². The number of aliphatic hydroxyl groups excluding tert-OH is 1. The number of hydrogen-bond acceptors (Lipinski definition) is 6. The summed E-state index contributed by atoms with van der Waals surface area (Å²) in [7, 11) is -2.07. The molecule has 0 saturated carbocycles. The van der Waals surface area contributed by atoms with Gasteiger partial charge in [0.05, 0.1) is 12.2 Å². The van der Waals surface area contributed by atoms with Crippen LogP contribution in [-0.2, 0) is 18.8 Å². The zero-order valence-electron chi connectivity index (χ0n) is 14.7. The second-order valence-electron chi connectivity index (χ2n) is 5.76. The maximum Gasteiger partial charge on any atom is 0.342 e. The lowest BCUT2D eigenvalue weighted by molar-refractivity contribution is -0.149. The minimum atomic E-state index is -3.47. The molecule has 0 fully saturated rings. The van der Waals surface area contributed by atoms with Gasteiger partial charge in [-0.3, -0.25) is 9.36 Å². The van der Waals surface area contributed by atoms with E-state index in [1.54, 1.807) is 52.0 Å². The molecule has 24 heavy (non-hydrogen) atoms. The molecule has 2 N–H and O–H groups in total. The average Bonchev–Trinajstić information content (AvgIpc) is 2.46. The van der Waals surface area contributed by atoms with Gasteiger partial charge in [0.1, 0.15) is 18.1 Å². The highest BCUT2D eigenvalue weighted by Crippen LogP contribution is 2.43. The molecule has 0 heterocycles. The van der Waals surface area contributed by atoms with E-state index < -0.39 is 25.6 Å². The molecule has 3 atom stereocenters. The SMILES string of the molecule is COCP(=O)(N[C@@H](C)C(=O)OC(C)C)Oc1ccc(C(C)O)cc1. The van der Waals surface area contributed by atoms with Crippen molar-refractivity contribution in [3.8, 4) is 5.75 Å². The largest absolute Gasteiger partial charge is 0.462 e. The van der Waals surface area contributed by atoms with E-state index in [2.05, 4.69) is 5.09 Å². The molecule has 0 aliphatic carbocycles.